The molecular weight excluding hydrogens is 164 g/mol. The third kappa shape index (κ3) is 2.21. The molecule has 0 amide bonds. The van der Waals surface area contributed by atoms with E-state index in [1.807, 2.05) is 0 Å². The Hall–Kier alpha value is -0.570. The van der Waals surface area contributed by atoms with Crippen molar-refractivity contribution in [3.05, 3.63) is 0 Å². The van der Waals surface area contributed by atoms with Crippen molar-refractivity contribution < 1.29 is 4.74 Å². The van der Waals surface area contributed by atoms with Crippen LogP contribution in [0.2, 0.25) is 0 Å². The summed E-state index contributed by atoms with van der Waals surface area (Å²) in [5, 5.41) is 3.36. The van der Waals surface area contributed by atoms with Crippen LogP contribution in [0.1, 0.15) is 26.2 Å². The lowest BCUT2D eigenvalue weighted by Crippen LogP contribution is -2.15. The van der Waals surface area contributed by atoms with Gasteiger partial charge in [-0.2, -0.15) is 0 Å². The van der Waals surface area contributed by atoms with E-state index in [4.69, 9.17) is 4.74 Å². The lowest BCUT2D eigenvalue weighted by Gasteiger charge is -2.11. The lowest BCUT2D eigenvalue weighted by atomic mass is 10.1. The summed E-state index contributed by atoms with van der Waals surface area (Å²) < 4.78 is 5.69. The first-order chi connectivity index (χ1) is 6.38. The smallest absolute Gasteiger partial charge is 0.184 e. The van der Waals surface area contributed by atoms with Crippen LogP contribution in [0.5, 0.6) is 0 Å². The van der Waals surface area contributed by atoms with E-state index in [0.29, 0.717) is 6.10 Å². The Kier molecular flexibility index (Phi) is 2.83. The second-order valence-electron chi connectivity index (χ2n) is 3.95. The Balaban J connectivity index is 1.76. The zero-order valence-electron chi connectivity index (χ0n) is 8.25. The minimum atomic E-state index is 0.365. The van der Waals surface area contributed by atoms with E-state index in [1.165, 1.54) is 6.42 Å². The number of hydrogen-bond donors (Lipinski definition) is 1. The van der Waals surface area contributed by atoms with Gasteiger partial charge in [-0.3, -0.25) is 4.99 Å². The molecule has 2 rings (SSSR count). The molecule has 1 N–H and O–H groups in total. The van der Waals surface area contributed by atoms with Gasteiger partial charge in [-0.15, -0.1) is 0 Å². The summed E-state index contributed by atoms with van der Waals surface area (Å²) in [5.74, 6) is 1.76. The van der Waals surface area contributed by atoms with Gasteiger partial charge < -0.3 is 10.1 Å². The molecule has 3 heteroatoms. The Morgan fingerprint density at radius 1 is 1.62 bits per heavy atom. The Morgan fingerprint density at radius 2 is 2.54 bits per heavy atom. The van der Waals surface area contributed by atoms with Crippen molar-refractivity contribution in [2.45, 2.75) is 32.3 Å². The van der Waals surface area contributed by atoms with Gasteiger partial charge in [-0.1, -0.05) is 6.92 Å². The van der Waals surface area contributed by atoms with Crippen molar-refractivity contribution in [2.24, 2.45) is 10.9 Å². The molecule has 0 aromatic heterocycles. The number of hydrogen-bond acceptors (Lipinski definition) is 3. The highest BCUT2D eigenvalue weighted by molar-refractivity contribution is 5.77. The molecule has 2 aliphatic rings. The van der Waals surface area contributed by atoms with Crippen molar-refractivity contribution in [1.82, 2.24) is 5.32 Å². The van der Waals surface area contributed by atoms with Gasteiger partial charge in [-0.25, -0.2) is 0 Å². The lowest BCUT2D eigenvalue weighted by molar-refractivity contribution is 0.211. The fourth-order valence-corrected chi connectivity index (χ4v) is 1.93. The maximum Gasteiger partial charge on any atom is 0.184 e. The zero-order valence-corrected chi connectivity index (χ0v) is 8.25. The topological polar surface area (TPSA) is 33.6 Å². The van der Waals surface area contributed by atoms with E-state index in [9.17, 15) is 0 Å². The normalized spacial score (nSPS) is 33.2. The average molecular weight is 182 g/mol. The van der Waals surface area contributed by atoms with Crippen LogP contribution in [0.3, 0.4) is 0 Å². The zero-order chi connectivity index (χ0) is 9.10. The summed E-state index contributed by atoms with van der Waals surface area (Å²) in [6.45, 7) is 5.33. The molecule has 2 atom stereocenters. The van der Waals surface area contributed by atoms with Gasteiger partial charge in [0.2, 0.25) is 0 Å². The van der Waals surface area contributed by atoms with Crippen LogP contribution in [-0.2, 0) is 4.74 Å². The minimum Gasteiger partial charge on any atom is -0.476 e. The third-order valence-corrected chi connectivity index (χ3v) is 2.85. The van der Waals surface area contributed by atoms with Gasteiger partial charge >= 0.3 is 0 Å². The molecule has 0 bridgehead atoms. The van der Waals surface area contributed by atoms with Gasteiger partial charge in [0.25, 0.3) is 0 Å². The third-order valence-electron chi connectivity index (χ3n) is 2.85. The number of nitrogens with zero attached hydrogens (tertiary/aromatic N) is 1. The fraction of sp³-hybridized carbons (Fsp3) is 0.900. The molecule has 0 saturated carbocycles. The molecule has 1 saturated heterocycles. The van der Waals surface area contributed by atoms with Gasteiger partial charge in [0.1, 0.15) is 6.10 Å². The summed E-state index contributed by atoms with van der Waals surface area (Å²) in [7, 11) is 0. The van der Waals surface area contributed by atoms with Gasteiger partial charge in [0.05, 0.1) is 6.54 Å². The predicted octanol–water partition coefficient (Wildman–Crippen LogP) is 1.19. The fourth-order valence-electron chi connectivity index (χ4n) is 1.93. The Morgan fingerprint density at radius 3 is 3.15 bits per heavy atom. The van der Waals surface area contributed by atoms with E-state index in [0.717, 1.165) is 44.3 Å². The van der Waals surface area contributed by atoms with Crippen LogP contribution in [0.15, 0.2) is 4.99 Å². The maximum absolute atomic E-state index is 5.69. The van der Waals surface area contributed by atoms with Gasteiger partial charge in [-0.05, 0) is 31.8 Å². The largest absolute Gasteiger partial charge is 0.476 e. The Labute approximate surface area is 79.6 Å². The summed E-state index contributed by atoms with van der Waals surface area (Å²) in [6, 6.07) is 0. The molecule has 3 nitrogen and oxygen atoms in total. The first kappa shape index (κ1) is 9.00. The monoisotopic (exact) mass is 182 g/mol. The second-order valence-corrected chi connectivity index (χ2v) is 3.95. The average Bonchev–Trinajstić information content (AvgIpc) is 2.76. The van der Waals surface area contributed by atoms with E-state index in [-0.39, 0.29) is 0 Å². The molecule has 0 aliphatic carbocycles. The molecule has 13 heavy (non-hydrogen) atoms. The molecule has 0 spiro atoms. The highest BCUT2D eigenvalue weighted by Gasteiger charge is 2.22. The van der Waals surface area contributed by atoms with E-state index in [1.54, 1.807) is 0 Å². The van der Waals surface area contributed by atoms with Gasteiger partial charge in [0, 0.05) is 6.42 Å². The Bertz CT molecular complexity index is 197. The van der Waals surface area contributed by atoms with Crippen LogP contribution >= 0.6 is 0 Å². The minimum absolute atomic E-state index is 0.365. The molecule has 0 radical (unpaired) electrons. The first-order valence-electron chi connectivity index (χ1n) is 5.29. The highest BCUT2D eigenvalue weighted by Crippen LogP contribution is 2.18. The van der Waals surface area contributed by atoms with Crippen LogP contribution in [0, 0.1) is 5.92 Å². The summed E-state index contributed by atoms with van der Waals surface area (Å²) in [4.78, 5) is 4.42. The number of aliphatic imine (C=N–C) groups is 1. The maximum atomic E-state index is 5.69. The molecule has 1 fully saturated rings. The van der Waals surface area contributed by atoms with Crippen LogP contribution < -0.4 is 5.32 Å². The van der Waals surface area contributed by atoms with E-state index in [2.05, 4.69) is 17.2 Å². The number of rotatable bonds is 3. The molecule has 0 aromatic rings. The first-order valence-corrected chi connectivity index (χ1v) is 5.29. The number of ether oxygens (including phenoxy) is 1. The van der Waals surface area contributed by atoms with Crippen LogP contribution in [0.25, 0.3) is 0 Å². The second kappa shape index (κ2) is 4.09. The summed E-state index contributed by atoms with van der Waals surface area (Å²) in [5.41, 5.74) is 0. The van der Waals surface area contributed by atoms with E-state index < -0.39 is 0 Å². The predicted molar refractivity (Wildman–Crippen MR) is 53.1 cm³/mol. The molecule has 74 valence electrons. The molecule has 2 heterocycles. The van der Waals surface area contributed by atoms with Crippen LogP contribution in [0.4, 0.5) is 0 Å². The highest BCUT2D eigenvalue weighted by atomic mass is 16.5. The van der Waals surface area contributed by atoms with Gasteiger partial charge in [0.15, 0.2) is 5.90 Å². The molecule has 0 aromatic carbocycles. The molecular formula is C10H18N2O. The van der Waals surface area contributed by atoms with Crippen molar-refractivity contribution >= 4 is 5.90 Å². The molecule has 2 aliphatic heterocycles. The van der Waals surface area contributed by atoms with Crippen molar-refractivity contribution in [3.63, 3.8) is 0 Å². The summed E-state index contributed by atoms with van der Waals surface area (Å²) in [6.07, 6.45) is 3.77. The van der Waals surface area contributed by atoms with E-state index >= 15 is 0 Å². The van der Waals surface area contributed by atoms with Crippen LogP contribution in [-0.4, -0.2) is 31.6 Å². The van der Waals surface area contributed by atoms with Crippen molar-refractivity contribution in [2.75, 3.05) is 19.6 Å². The standard InChI is InChI=1S/C10H18N2O/c1-2-9-7-12-10(13-9)5-8-3-4-11-6-8/h8-9,11H,2-7H2,1H3. The van der Waals surface area contributed by atoms with Crippen molar-refractivity contribution in [1.29, 1.82) is 0 Å². The van der Waals surface area contributed by atoms with Crippen molar-refractivity contribution in [3.8, 4) is 0 Å². The summed E-state index contributed by atoms with van der Waals surface area (Å²) >= 11 is 0. The quantitative estimate of drug-likeness (QED) is 0.711. The number of nitrogens with one attached hydrogen (secondary N) is 1. The molecule has 2 unspecified atom stereocenters. The SMILES string of the molecule is CCC1CN=C(CC2CCNC2)O1.